The highest BCUT2D eigenvalue weighted by molar-refractivity contribution is 9.10. The summed E-state index contributed by atoms with van der Waals surface area (Å²) in [7, 11) is 0. The maximum atomic E-state index is 12.9. The maximum absolute atomic E-state index is 12.9. The van der Waals surface area contributed by atoms with Crippen LogP contribution in [0, 0.1) is 6.92 Å². The second-order valence-corrected chi connectivity index (χ2v) is 8.79. The molecular formula is C24H28BrNO3. The quantitative estimate of drug-likeness (QED) is 0.460. The molecule has 0 spiro atoms. The molecule has 0 saturated heterocycles. The molecule has 29 heavy (non-hydrogen) atoms. The summed E-state index contributed by atoms with van der Waals surface area (Å²) < 4.78 is 6.74. The van der Waals surface area contributed by atoms with E-state index in [1.165, 1.54) is 11.1 Å². The SMILES string of the molecule is CCCc1cc(C)[nH]c(=O)c1CCC(=O)c1cc(Br)c2c(c1)CC(C)=C(C)CO2. The predicted molar refractivity (Wildman–Crippen MR) is 120 cm³/mol. The summed E-state index contributed by atoms with van der Waals surface area (Å²) in [6.07, 6.45) is 3.35. The fourth-order valence-electron chi connectivity index (χ4n) is 3.78. The van der Waals surface area contributed by atoms with Crippen LogP contribution in [0.4, 0.5) is 0 Å². The molecule has 1 aliphatic rings. The van der Waals surface area contributed by atoms with E-state index < -0.39 is 0 Å². The first kappa shape index (κ1) is 21.6. The van der Waals surface area contributed by atoms with Crippen LogP contribution < -0.4 is 10.3 Å². The Bertz CT molecular complexity index is 1030. The van der Waals surface area contributed by atoms with E-state index >= 15 is 0 Å². The summed E-state index contributed by atoms with van der Waals surface area (Å²) in [4.78, 5) is 28.3. The Kier molecular flexibility index (Phi) is 6.78. The number of aryl methyl sites for hydroxylation is 2. The standard InChI is InChI=1S/C24H28BrNO3/c1-5-6-17-10-16(4)26-24(28)20(17)7-8-22(27)18-11-19-9-14(2)15(3)13-29-23(19)21(25)12-18/h10-12H,5-9,13H2,1-4H3,(H,26,28). The number of carbonyl (C=O) groups is 1. The number of rotatable bonds is 6. The van der Waals surface area contributed by atoms with Crippen LogP contribution in [0.1, 0.15) is 66.4 Å². The summed E-state index contributed by atoms with van der Waals surface area (Å²) in [5.41, 5.74) is 6.75. The summed E-state index contributed by atoms with van der Waals surface area (Å²) in [6, 6.07) is 5.80. The first-order valence-corrected chi connectivity index (χ1v) is 10.9. The number of allylic oxidation sites excluding steroid dienone is 1. The highest BCUT2D eigenvalue weighted by Gasteiger charge is 2.19. The van der Waals surface area contributed by atoms with Gasteiger partial charge in [0, 0.05) is 28.8 Å². The molecule has 4 nitrogen and oxygen atoms in total. The van der Waals surface area contributed by atoms with Gasteiger partial charge in [0.15, 0.2) is 5.78 Å². The highest BCUT2D eigenvalue weighted by atomic mass is 79.9. The third kappa shape index (κ3) is 4.89. The third-order valence-electron chi connectivity index (χ3n) is 5.54. The van der Waals surface area contributed by atoms with E-state index in [2.05, 4.69) is 41.7 Å². The van der Waals surface area contributed by atoms with Gasteiger partial charge in [-0.05, 0) is 85.3 Å². The first-order valence-electron chi connectivity index (χ1n) is 10.2. The Hall–Kier alpha value is -2.14. The van der Waals surface area contributed by atoms with Gasteiger partial charge >= 0.3 is 0 Å². The molecule has 1 aromatic heterocycles. The van der Waals surface area contributed by atoms with E-state index in [1.807, 2.05) is 25.1 Å². The molecule has 0 fully saturated rings. The number of H-pyrrole nitrogens is 1. The van der Waals surface area contributed by atoms with Crippen molar-refractivity contribution >= 4 is 21.7 Å². The largest absolute Gasteiger partial charge is 0.488 e. The van der Waals surface area contributed by atoms with Crippen LogP contribution in [-0.4, -0.2) is 17.4 Å². The van der Waals surface area contributed by atoms with Gasteiger partial charge in [-0.1, -0.05) is 18.9 Å². The number of Topliss-reactive ketones (excluding diaryl/α,β-unsaturated/α-hetero) is 1. The molecule has 1 N–H and O–H groups in total. The number of ketones is 1. The number of pyridine rings is 1. The average molecular weight is 458 g/mol. The van der Waals surface area contributed by atoms with Crippen LogP contribution >= 0.6 is 15.9 Å². The Morgan fingerprint density at radius 3 is 2.62 bits per heavy atom. The van der Waals surface area contributed by atoms with Crippen LogP contribution in [0.25, 0.3) is 0 Å². The fraction of sp³-hybridized carbons (Fsp3) is 0.417. The van der Waals surface area contributed by atoms with Crippen molar-refractivity contribution in [3.63, 3.8) is 0 Å². The van der Waals surface area contributed by atoms with Gasteiger partial charge in [-0.3, -0.25) is 9.59 Å². The number of fused-ring (bicyclic) bond motifs is 1. The van der Waals surface area contributed by atoms with E-state index in [0.29, 0.717) is 25.0 Å². The molecule has 0 saturated carbocycles. The second-order valence-electron chi connectivity index (χ2n) is 7.93. The Morgan fingerprint density at radius 2 is 1.90 bits per heavy atom. The number of halogens is 1. The van der Waals surface area contributed by atoms with Crippen molar-refractivity contribution in [2.75, 3.05) is 6.61 Å². The lowest BCUT2D eigenvalue weighted by atomic mass is 9.95. The Morgan fingerprint density at radius 1 is 1.14 bits per heavy atom. The average Bonchev–Trinajstić information content (AvgIpc) is 2.79. The predicted octanol–water partition coefficient (Wildman–Crippen LogP) is 5.49. The minimum atomic E-state index is -0.0750. The zero-order chi connectivity index (χ0) is 21.1. The second kappa shape index (κ2) is 9.12. The number of aromatic nitrogens is 1. The minimum absolute atomic E-state index is 0.0403. The number of hydrogen-bond acceptors (Lipinski definition) is 3. The zero-order valence-corrected chi connectivity index (χ0v) is 19.2. The van der Waals surface area contributed by atoms with Crippen molar-refractivity contribution in [2.45, 2.75) is 59.8 Å². The molecule has 0 unspecified atom stereocenters. The molecule has 1 aromatic carbocycles. The first-order chi connectivity index (χ1) is 13.8. The fourth-order valence-corrected chi connectivity index (χ4v) is 4.39. The molecule has 0 amide bonds. The lowest BCUT2D eigenvalue weighted by Gasteiger charge is -2.13. The molecule has 2 aromatic rings. The third-order valence-corrected chi connectivity index (χ3v) is 6.13. The molecule has 0 bridgehead atoms. The van der Waals surface area contributed by atoms with Crippen molar-refractivity contribution in [1.82, 2.24) is 4.98 Å². The molecule has 2 heterocycles. The van der Waals surface area contributed by atoms with Gasteiger partial charge < -0.3 is 9.72 Å². The van der Waals surface area contributed by atoms with E-state index in [4.69, 9.17) is 4.74 Å². The van der Waals surface area contributed by atoms with E-state index in [-0.39, 0.29) is 11.3 Å². The molecule has 0 aliphatic carbocycles. The number of aromatic amines is 1. The molecule has 0 radical (unpaired) electrons. The van der Waals surface area contributed by atoms with Crippen molar-refractivity contribution in [3.8, 4) is 5.75 Å². The van der Waals surface area contributed by atoms with E-state index in [1.54, 1.807) is 0 Å². The number of nitrogens with one attached hydrogen (secondary N) is 1. The summed E-state index contributed by atoms with van der Waals surface area (Å²) in [6.45, 7) is 8.74. The molecular weight excluding hydrogens is 430 g/mol. The van der Waals surface area contributed by atoms with Crippen molar-refractivity contribution < 1.29 is 9.53 Å². The van der Waals surface area contributed by atoms with Gasteiger partial charge in [0.2, 0.25) is 0 Å². The van der Waals surface area contributed by atoms with E-state index in [0.717, 1.165) is 51.9 Å². The number of benzene rings is 1. The van der Waals surface area contributed by atoms with Crippen LogP contribution in [0.2, 0.25) is 0 Å². The van der Waals surface area contributed by atoms with Crippen LogP contribution in [0.3, 0.4) is 0 Å². The molecule has 154 valence electrons. The van der Waals surface area contributed by atoms with Crippen molar-refractivity contribution in [3.05, 3.63) is 72.1 Å². The molecule has 5 heteroatoms. The van der Waals surface area contributed by atoms with Crippen molar-refractivity contribution in [1.29, 1.82) is 0 Å². The number of carbonyl (C=O) groups excluding carboxylic acids is 1. The summed E-state index contributed by atoms with van der Waals surface area (Å²) in [5.74, 6) is 0.858. The molecule has 0 atom stereocenters. The van der Waals surface area contributed by atoms with Crippen molar-refractivity contribution in [2.24, 2.45) is 0 Å². The summed E-state index contributed by atoms with van der Waals surface area (Å²) >= 11 is 3.57. The lowest BCUT2D eigenvalue weighted by Crippen LogP contribution is -2.18. The van der Waals surface area contributed by atoms with E-state index in [9.17, 15) is 9.59 Å². The topological polar surface area (TPSA) is 59.2 Å². The summed E-state index contributed by atoms with van der Waals surface area (Å²) in [5, 5.41) is 0. The normalized spacial score (nSPS) is 13.7. The van der Waals surface area contributed by atoms with Gasteiger partial charge in [0.25, 0.3) is 5.56 Å². The zero-order valence-electron chi connectivity index (χ0n) is 17.6. The van der Waals surface area contributed by atoms with Crippen LogP contribution in [0.15, 0.2) is 38.6 Å². The van der Waals surface area contributed by atoms with Crippen LogP contribution in [0.5, 0.6) is 5.75 Å². The Balaban J connectivity index is 1.84. The van der Waals surface area contributed by atoms with Gasteiger partial charge in [-0.2, -0.15) is 0 Å². The highest BCUT2D eigenvalue weighted by Crippen LogP contribution is 2.35. The number of hydrogen-bond donors (Lipinski definition) is 1. The number of ether oxygens (including phenoxy) is 1. The molecule has 3 rings (SSSR count). The van der Waals surface area contributed by atoms with Crippen LogP contribution in [-0.2, 0) is 19.3 Å². The maximum Gasteiger partial charge on any atom is 0.251 e. The minimum Gasteiger partial charge on any atom is -0.488 e. The van der Waals surface area contributed by atoms with Gasteiger partial charge in [-0.15, -0.1) is 0 Å². The van der Waals surface area contributed by atoms with Gasteiger partial charge in [0.05, 0.1) is 4.47 Å². The smallest absolute Gasteiger partial charge is 0.251 e. The van der Waals surface area contributed by atoms with Gasteiger partial charge in [0.1, 0.15) is 12.4 Å². The monoisotopic (exact) mass is 457 g/mol. The Labute approximate surface area is 180 Å². The molecule has 1 aliphatic heterocycles. The lowest BCUT2D eigenvalue weighted by molar-refractivity contribution is 0.0982. The van der Waals surface area contributed by atoms with Gasteiger partial charge in [-0.25, -0.2) is 0 Å².